The second-order valence-electron chi connectivity index (χ2n) is 7.05. The molecule has 0 bridgehead atoms. The molecule has 0 spiro atoms. The zero-order chi connectivity index (χ0) is 17.8. The summed E-state index contributed by atoms with van der Waals surface area (Å²) in [4.78, 5) is 26.3. The van der Waals surface area contributed by atoms with Crippen LogP contribution in [0.1, 0.15) is 24.2 Å². The molecule has 1 atom stereocenters. The Hall–Kier alpha value is -1.73. The maximum atomic E-state index is 12.4. The van der Waals surface area contributed by atoms with E-state index in [1.165, 1.54) is 0 Å². The molecule has 1 amide bonds. The number of nitrogens with zero attached hydrogens (tertiary/aromatic N) is 4. The molecule has 2 aliphatic rings. The molecule has 3 rings (SSSR count). The van der Waals surface area contributed by atoms with E-state index in [1.807, 2.05) is 19.9 Å². The molecule has 2 fully saturated rings. The highest BCUT2D eigenvalue weighted by molar-refractivity contribution is 5.79. The Morgan fingerprint density at radius 2 is 1.84 bits per heavy atom. The summed E-state index contributed by atoms with van der Waals surface area (Å²) in [6.07, 6.45) is 2.08. The predicted octanol–water partition coefficient (Wildman–Crippen LogP) is 0.757. The lowest BCUT2D eigenvalue weighted by atomic mass is 10.0. The van der Waals surface area contributed by atoms with Gasteiger partial charge in [0.15, 0.2) is 0 Å². The van der Waals surface area contributed by atoms with Crippen molar-refractivity contribution in [3.8, 4) is 0 Å². The first-order valence-electron chi connectivity index (χ1n) is 9.17. The molecule has 1 N–H and O–H groups in total. The van der Waals surface area contributed by atoms with Gasteiger partial charge in [0, 0.05) is 63.9 Å². The van der Waals surface area contributed by atoms with Crippen LogP contribution in [-0.2, 0) is 9.53 Å². The highest BCUT2D eigenvalue weighted by Crippen LogP contribution is 2.21. The van der Waals surface area contributed by atoms with Gasteiger partial charge in [-0.05, 0) is 32.8 Å². The summed E-state index contributed by atoms with van der Waals surface area (Å²) in [6, 6.07) is 2.48. The standard InChI is InChI=1S/C18H29N5O2/c1-13-10-14(2)21-18(20-13)23-7-6-22(16-4-8-25-9-5-16)11-15(12-23)17(24)19-3/h10,15-16H,4-9,11-12H2,1-3H3,(H,19,24)/t15-/m1/s1. The first-order chi connectivity index (χ1) is 12.1. The van der Waals surface area contributed by atoms with E-state index in [9.17, 15) is 4.79 Å². The van der Waals surface area contributed by atoms with Crippen molar-refractivity contribution in [3.63, 3.8) is 0 Å². The van der Waals surface area contributed by atoms with E-state index >= 15 is 0 Å². The molecule has 0 aliphatic carbocycles. The van der Waals surface area contributed by atoms with Gasteiger partial charge in [0.05, 0.1) is 5.92 Å². The Kier molecular flexibility index (Phi) is 5.86. The lowest BCUT2D eigenvalue weighted by Gasteiger charge is -2.34. The van der Waals surface area contributed by atoms with Crippen LogP contribution in [0.4, 0.5) is 5.95 Å². The molecule has 25 heavy (non-hydrogen) atoms. The molecule has 2 saturated heterocycles. The second-order valence-corrected chi connectivity index (χ2v) is 7.05. The molecule has 138 valence electrons. The predicted molar refractivity (Wildman–Crippen MR) is 96.7 cm³/mol. The van der Waals surface area contributed by atoms with Crippen molar-refractivity contribution >= 4 is 11.9 Å². The van der Waals surface area contributed by atoms with E-state index in [0.29, 0.717) is 12.6 Å². The topological polar surface area (TPSA) is 70.6 Å². The van der Waals surface area contributed by atoms with Gasteiger partial charge in [-0.2, -0.15) is 0 Å². The van der Waals surface area contributed by atoms with Crippen molar-refractivity contribution in [2.24, 2.45) is 5.92 Å². The highest BCUT2D eigenvalue weighted by atomic mass is 16.5. The summed E-state index contributed by atoms with van der Waals surface area (Å²) in [5, 5.41) is 2.82. The van der Waals surface area contributed by atoms with E-state index in [4.69, 9.17) is 4.74 Å². The molecule has 0 saturated carbocycles. The third-order valence-electron chi connectivity index (χ3n) is 5.13. The van der Waals surface area contributed by atoms with Gasteiger partial charge in [0.1, 0.15) is 0 Å². The number of nitrogens with one attached hydrogen (secondary N) is 1. The fourth-order valence-electron chi connectivity index (χ4n) is 3.82. The van der Waals surface area contributed by atoms with E-state index in [-0.39, 0.29) is 11.8 Å². The lowest BCUT2D eigenvalue weighted by molar-refractivity contribution is -0.124. The normalized spacial score (nSPS) is 23.3. The van der Waals surface area contributed by atoms with E-state index in [0.717, 1.165) is 63.0 Å². The number of anilines is 1. The minimum absolute atomic E-state index is 0.0836. The zero-order valence-electron chi connectivity index (χ0n) is 15.5. The third-order valence-corrected chi connectivity index (χ3v) is 5.13. The SMILES string of the molecule is CNC(=O)[C@H]1CN(c2nc(C)cc(C)n2)CCN(C2CCOCC2)C1. The minimum atomic E-state index is -0.0836. The van der Waals surface area contributed by atoms with Gasteiger partial charge in [-0.3, -0.25) is 9.69 Å². The molecule has 7 nitrogen and oxygen atoms in total. The van der Waals surface area contributed by atoms with Crippen molar-refractivity contribution in [2.45, 2.75) is 32.7 Å². The molecule has 2 aliphatic heterocycles. The monoisotopic (exact) mass is 347 g/mol. The fraction of sp³-hybridized carbons (Fsp3) is 0.722. The first-order valence-corrected chi connectivity index (χ1v) is 9.17. The molecule has 3 heterocycles. The Labute approximate surface area is 149 Å². The van der Waals surface area contributed by atoms with Crippen molar-refractivity contribution in [1.82, 2.24) is 20.2 Å². The van der Waals surface area contributed by atoms with Crippen LogP contribution in [0.3, 0.4) is 0 Å². The van der Waals surface area contributed by atoms with E-state index in [1.54, 1.807) is 7.05 Å². The van der Waals surface area contributed by atoms with Crippen LogP contribution in [0, 0.1) is 19.8 Å². The average molecular weight is 347 g/mol. The largest absolute Gasteiger partial charge is 0.381 e. The number of amides is 1. The van der Waals surface area contributed by atoms with Gasteiger partial charge in [-0.15, -0.1) is 0 Å². The number of carbonyl (C=O) groups is 1. The van der Waals surface area contributed by atoms with Crippen molar-refractivity contribution in [2.75, 3.05) is 51.3 Å². The molecule has 0 aromatic carbocycles. The molecule has 0 radical (unpaired) electrons. The number of aromatic nitrogens is 2. The summed E-state index contributed by atoms with van der Waals surface area (Å²) in [5.41, 5.74) is 1.93. The second kappa shape index (κ2) is 8.10. The number of carbonyl (C=O) groups excluding carboxylic acids is 1. The van der Waals surface area contributed by atoms with Gasteiger partial charge in [-0.25, -0.2) is 9.97 Å². The van der Waals surface area contributed by atoms with E-state index in [2.05, 4.69) is 25.1 Å². The first kappa shape index (κ1) is 18.1. The smallest absolute Gasteiger partial charge is 0.225 e. The fourth-order valence-corrected chi connectivity index (χ4v) is 3.82. The summed E-state index contributed by atoms with van der Waals surface area (Å²) in [5.74, 6) is 0.744. The highest BCUT2D eigenvalue weighted by Gasteiger charge is 2.32. The number of ether oxygens (including phenoxy) is 1. The summed E-state index contributed by atoms with van der Waals surface area (Å²) in [7, 11) is 1.71. The van der Waals surface area contributed by atoms with Gasteiger partial charge < -0.3 is 15.0 Å². The molecular weight excluding hydrogens is 318 g/mol. The Balaban J connectivity index is 1.80. The maximum absolute atomic E-state index is 12.4. The molecular formula is C18H29N5O2. The quantitative estimate of drug-likeness (QED) is 0.870. The lowest BCUT2D eigenvalue weighted by Crippen LogP contribution is -2.45. The molecule has 7 heteroatoms. The molecule has 1 aromatic heterocycles. The van der Waals surface area contributed by atoms with Crippen LogP contribution >= 0.6 is 0 Å². The van der Waals surface area contributed by atoms with Crippen LogP contribution in [0.5, 0.6) is 0 Å². The van der Waals surface area contributed by atoms with Gasteiger partial charge in [0.2, 0.25) is 11.9 Å². The number of aryl methyl sites for hydroxylation is 2. The summed E-state index contributed by atoms with van der Waals surface area (Å²) >= 11 is 0. The van der Waals surface area contributed by atoms with E-state index < -0.39 is 0 Å². The Bertz CT molecular complexity index is 583. The van der Waals surface area contributed by atoms with Crippen molar-refractivity contribution in [1.29, 1.82) is 0 Å². The van der Waals surface area contributed by atoms with Gasteiger partial charge in [-0.1, -0.05) is 0 Å². The number of hydrogen-bond acceptors (Lipinski definition) is 6. The molecule has 1 aromatic rings. The van der Waals surface area contributed by atoms with Crippen LogP contribution in [0.25, 0.3) is 0 Å². The Morgan fingerprint density at radius 3 is 2.48 bits per heavy atom. The van der Waals surface area contributed by atoms with Crippen LogP contribution < -0.4 is 10.2 Å². The minimum Gasteiger partial charge on any atom is -0.381 e. The number of rotatable bonds is 3. The maximum Gasteiger partial charge on any atom is 0.225 e. The van der Waals surface area contributed by atoms with Crippen LogP contribution in [0.15, 0.2) is 6.07 Å². The van der Waals surface area contributed by atoms with Crippen LogP contribution in [0.2, 0.25) is 0 Å². The van der Waals surface area contributed by atoms with Crippen molar-refractivity contribution < 1.29 is 9.53 Å². The Morgan fingerprint density at radius 1 is 1.16 bits per heavy atom. The molecule has 0 unspecified atom stereocenters. The zero-order valence-corrected chi connectivity index (χ0v) is 15.5. The van der Waals surface area contributed by atoms with Crippen molar-refractivity contribution in [3.05, 3.63) is 17.5 Å². The van der Waals surface area contributed by atoms with Gasteiger partial charge in [0.25, 0.3) is 0 Å². The number of hydrogen-bond donors (Lipinski definition) is 1. The van der Waals surface area contributed by atoms with Gasteiger partial charge >= 0.3 is 0 Å². The summed E-state index contributed by atoms with van der Waals surface area (Å²) < 4.78 is 5.50. The van der Waals surface area contributed by atoms with Crippen LogP contribution in [-0.4, -0.2) is 73.3 Å². The average Bonchev–Trinajstić information content (AvgIpc) is 2.84. The summed E-state index contributed by atoms with van der Waals surface area (Å²) in [6.45, 7) is 8.81. The third kappa shape index (κ3) is 4.46.